The zero-order valence-electron chi connectivity index (χ0n) is 16.5. The summed E-state index contributed by atoms with van der Waals surface area (Å²) in [7, 11) is 3.50. The van der Waals surface area contributed by atoms with Crippen LogP contribution in [-0.2, 0) is 16.9 Å². The average Bonchev–Trinajstić information content (AvgIpc) is 2.92. The minimum absolute atomic E-state index is 0.0744. The van der Waals surface area contributed by atoms with Gasteiger partial charge < -0.3 is 15.0 Å². The number of hydrogen-bond donors (Lipinski definition) is 2. The van der Waals surface area contributed by atoms with E-state index in [1.54, 1.807) is 14.0 Å². The van der Waals surface area contributed by atoms with Crippen molar-refractivity contribution in [3.05, 3.63) is 69.8 Å². The molecule has 0 aromatic heterocycles. The Morgan fingerprint density at radius 2 is 1.76 bits per heavy atom. The van der Waals surface area contributed by atoms with Gasteiger partial charge >= 0.3 is 6.03 Å². The van der Waals surface area contributed by atoms with E-state index >= 15 is 0 Å². The molecule has 1 aliphatic heterocycles. The van der Waals surface area contributed by atoms with Crippen LogP contribution in [0.5, 0.6) is 5.75 Å². The summed E-state index contributed by atoms with van der Waals surface area (Å²) in [6.07, 6.45) is 0. The summed E-state index contributed by atoms with van der Waals surface area (Å²) in [5.74, 6) is 0.379. The number of rotatable bonds is 7. The van der Waals surface area contributed by atoms with Gasteiger partial charge in [-0.15, -0.1) is 0 Å². The highest BCUT2D eigenvalue weighted by atomic mass is 16.6. The highest BCUT2D eigenvalue weighted by molar-refractivity contribution is 6.07. The molecule has 2 aromatic carbocycles. The zero-order valence-corrected chi connectivity index (χ0v) is 16.5. The van der Waals surface area contributed by atoms with Crippen LogP contribution in [0.4, 0.5) is 10.5 Å². The minimum Gasteiger partial charge on any atom is -0.497 e. The van der Waals surface area contributed by atoms with Gasteiger partial charge in [-0.1, -0.05) is 0 Å². The maximum absolute atomic E-state index is 13.0. The van der Waals surface area contributed by atoms with Crippen LogP contribution in [-0.4, -0.2) is 42.6 Å². The Morgan fingerprint density at radius 1 is 1.14 bits per heavy atom. The second-order valence-corrected chi connectivity index (χ2v) is 7.23. The molecule has 152 valence electrons. The molecule has 1 unspecified atom stereocenters. The molecule has 3 amide bonds. The maximum atomic E-state index is 13.0. The van der Waals surface area contributed by atoms with Gasteiger partial charge in [0.25, 0.3) is 11.6 Å². The molecule has 1 heterocycles. The summed E-state index contributed by atoms with van der Waals surface area (Å²) in [6.45, 7) is 2.42. The van der Waals surface area contributed by atoms with Crippen molar-refractivity contribution < 1.29 is 24.1 Å². The molecule has 0 saturated carbocycles. The third-order valence-corrected chi connectivity index (χ3v) is 5.02. The van der Waals surface area contributed by atoms with E-state index in [1.807, 2.05) is 31.3 Å². The molecule has 0 spiro atoms. The number of urea groups is 1. The summed E-state index contributed by atoms with van der Waals surface area (Å²) in [5, 5.41) is 13.6. The number of nitro groups is 1. The Hall–Kier alpha value is -3.46. The van der Waals surface area contributed by atoms with Crippen LogP contribution in [0.15, 0.2) is 48.5 Å². The van der Waals surface area contributed by atoms with Crippen LogP contribution in [0.25, 0.3) is 0 Å². The lowest BCUT2D eigenvalue weighted by Crippen LogP contribution is -3.09. The van der Waals surface area contributed by atoms with E-state index in [9.17, 15) is 19.7 Å². The summed E-state index contributed by atoms with van der Waals surface area (Å²) >= 11 is 0. The largest absolute Gasteiger partial charge is 0.497 e. The van der Waals surface area contributed by atoms with Crippen LogP contribution < -0.4 is 15.0 Å². The van der Waals surface area contributed by atoms with Crippen LogP contribution >= 0.6 is 0 Å². The van der Waals surface area contributed by atoms with Crippen LogP contribution in [0.1, 0.15) is 18.1 Å². The first kappa shape index (κ1) is 20.3. The molecule has 2 N–H and O–H groups in total. The number of carbonyl (C=O) groups excluding carboxylic acids is 2. The number of ether oxygens (including phenoxy) is 1. The number of amides is 3. The van der Waals surface area contributed by atoms with Crippen molar-refractivity contribution in [2.45, 2.75) is 19.0 Å². The van der Waals surface area contributed by atoms with Gasteiger partial charge in [0.05, 0.1) is 19.1 Å². The number of carbonyl (C=O) groups is 2. The fourth-order valence-corrected chi connectivity index (χ4v) is 3.37. The first-order valence-electron chi connectivity index (χ1n) is 9.08. The van der Waals surface area contributed by atoms with Crippen molar-refractivity contribution in [3.63, 3.8) is 0 Å². The number of imide groups is 1. The predicted molar refractivity (Wildman–Crippen MR) is 104 cm³/mol. The Labute approximate surface area is 168 Å². The van der Waals surface area contributed by atoms with Gasteiger partial charge in [0.15, 0.2) is 6.67 Å². The third-order valence-electron chi connectivity index (χ3n) is 5.02. The zero-order chi connectivity index (χ0) is 21.2. The minimum atomic E-state index is -1.26. The van der Waals surface area contributed by atoms with Gasteiger partial charge in [-0.05, 0) is 48.9 Å². The van der Waals surface area contributed by atoms with Crippen LogP contribution in [0.3, 0.4) is 0 Å². The summed E-state index contributed by atoms with van der Waals surface area (Å²) in [6, 6.07) is 12.8. The normalized spacial score (nSPS) is 19.8. The lowest BCUT2D eigenvalue weighted by atomic mass is 9.92. The Balaban J connectivity index is 1.71. The summed E-state index contributed by atoms with van der Waals surface area (Å²) < 4.78 is 5.15. The summed E-state index contributed by atoms with van der Waals surface area (Å²) in [5.41, 5.74) is 0.215. The number of benzene rings is 2. The van der Waals surface area contributed by atoms with Gasteiger partial charge in [0.1, 0.15) is 17.8 Å². The van der Waals surface area contributed by atoms with Crippen molar-refractivity contribution in [1.82, 2.24) is 10.2 Å². The monoisotopic (exact) mass is 399 g/mol. The van der Waals surface area contributed by atoms with Gasteiger partial charge in [0.2, 0.25) is 0 Å². The van der Waals surface area contributed by atoms with E-state index in [0.29, 0.717) is 12.1 Å². The molecule has 1 saturated heterocycles. The Kier molecular flexibility index (Phi) is 5.51. The van der Waals surface area contributed by atoms with Gasteiger partial charge in [-0.2, -0.15) is 0 Å². The maximum Gasteiger partial charge on any atom is 0.329 e. The lowest BCUT2D eigenvalue weighted by Gasteiger charge is -2.23. The number of nitrogens with one attached hydrogen (secondary N) is 2. The van der Waals surface area contributed by atoms with Gasteiger partial charge in [0, 0.05) is 17.7 Å². The number of nitrogens with zero attached hydrogens (tertiary/aromatic N) is 2. The highest BCUT2D eigenvalue weighted by Crippen LogP contribution is 2.29. The topological polar surface area (TPSA) is 106 Å². The molecule has 0 aliphatic carbocycles. The van der Waals surface area contributed by atoms with E-state index in [4.69, 9.17) is 4.74 Å². The van der Waals surface area contributed by atoms with E-state index in [1.165, 1.54) is 29.2 Å². The molecule has 2 aromatic rings. The molecule has 1 fully saturated rings. The van der Waals surface area contributed by atoms with Gasteiger partial charge in [-0.25, -0.2) is 9.69 Å². The molecule has 3 rings (SSSR count). The van der Waals surface area contributed by atoms with Crippen LogP contribution in [0.2, 0.25) is 0 Å². The van der Waals surface area contributed by atoms with Crippen molar-refractivity contribution >= 4 is 17.6 Å². The quantitative estimate of drug-likeness (QED) is 0.411. The van der Waals surface area contributed by atoms with E-state index in [2.05, 4.69) is 5.32 Å². The SMILES string of the molecule is COc1ccc(C[NH+](C)CN2C(=O)N[C@](C)(c3ccc([N+](=O)[O-])cc3)C2=O)cc1. The lowest BCUT2D eigenvalue weighted by molar-refractivity contribution is -0.901. The van der Waals surface area contributed by atoms with Crippen molar-refractivity contribution in [2.75, 3.05) is 20.8 Å². The molecule has 1 aliphatic rings. The van der Waals surface area contributed by atoms with E-state index < -0.39 is 16.5 Å². The van der Waals surface area contributed by atoms with Crippen LogP contribution in [0, 0.1) is 10.1 Å². The second kappa shape index (κ2) is 7.88. The molecule has 0 bridgehead atoms. The fourth-order valence-electron chi connectivity index (χ4n) is 3.37. The predicted octanol–water partition coefficient (Wildman–Crippen LogP) is 1.04. The van der Waals surface area contributed by atoms with Gasteiger partial charge in [-0.3, -0.25) is 14.9 Å². The fraction of sp³-hybridized carbons (Fsp3) is 0.300. The smallest absolute Gasteiger partial charge is 0.329 e. The average molecular weight is 399 g/mol. The standard InChI is InChI=1S/C20H22N4O5/c1-20(15-6-8-16(9-7-15)24(27)28)18(25)23(19(26)21-20)13-22(2)12-14-4-10-17(29-3)11-5-14/h4-11H,12-13H2,1-3H3,(H,21,26)/p+1/t20-/m1/s1. The third kappa shape index (κ3) is 4.04. The first-order chi connectivity index (χ1) is 13.7. The molecule has 2 atom stereocenters. The Morgan fingerprint density at radius 3 is 2.31 bits per heavy atom. The molecule has 9 nitrogen and oxygen atoms in total. The molecule has 29 heavy (non-hydrogen) atoms. The number of quaternary nitrogens is 1. The molecular weight excluding hydrogens is 376 g/mol. The highest BCUT2D eigenvalue weighted by Gasteiger charge is 2.50. The number of nitro benzene ring substituents is 1. The van der Waals surface area contributed by atoms with Crippen molar-refractivity contribution in [1.29, 1.82) is 0 Å². The van der Waals surface area contributed by atoms with E-state index in [0.717, 1.165) is 16.2 Å². The first-order valence-corrected chi connectivity index (χ1v) is 9.08. The van der Waals surface area contributed by atoms with Crippen molar-refractivity contribution in [2.24, 2.45) is 0 Å². The summed E-state index contributed by atoms with van der Waals surface area (Å²) in [4.78, 5) is 37.9. The molecule has 9 heteroatoms. The number of non-ortho nitro benzene ring substituents is 1. The molecule has 0 radical (unpaired) electrons. The van der Waals surface area contributed by atoms with E-state index in [-0.39, 0.29) is 18.3 Å². The number of methoxy groups -OCH3 is 1. The van der Waals surface area contributed by atoms with Crippen molar-refractivity contribution in [3.8, 4) is 5.75 Å². The second-order valence-electron chi connectivity index (χ2n) is 7.23. The Bertz CT molecular complexity index is 929. The molecular formula is C20H23N4O5+. The number of hydrogen-bond acceptors (Lipinski definition) is 5.